The fourth-order valence-corrected chi connectivity index (χ4v) is 2.82. The Morgan fingerprint density at radius 1 is 1.26 bits per heavy atom. The van der Waals surface area contributed by atoms with Crippen LogP contribution in [0.25, 0.3) is 22.6 Å². The molecule has 7 heteroatoms. The molecule has 1 amide bonds. The van der Waals surface area contributed by atoms with Gasteiger partial charge >= 0.3 is 0 Å². The highest BCUT2D eigenvalue weighted by Gasteiger charge is 2.20. The number of furan rings is 1. The standard InChI is InChI=1S/C20H14N4O3/c1-12-18-15(19(25)22-14-6-4-13(5-7-14)8-9-21)11-16(17-3-2-10-26-17)23-20(18)27-24-12/h2-7,10-11H,8H2,1H3,(H,22,25). The van der Waals surface area contributed by atoms with Crippen LogP contribution in [-0.4, -0.2) is 16.0 Å². The molecule has 0 aliphatic rings. The van der Waals surface area contributed by atoms with Gasteiger partial charge < -0.3 is 14.3 Å². The van der Waals surface area contributed by atoms with Crippen molar-refractivity contribution >= 4 is 22.7 Å². The Kier molecular flexibility index (Phi) is 4.15. The SMILES string of the molecule is Cc1noc2nc(-c3ccco3)cc(C(=O)Nc3ccc(CC#N)cc3)c12. The van der Waals surface area contributed by atoms with Crippen molar-refractivity contribution in [1.82, 2.24) is 10.1 Å². The molecule has 3 aromatic heterocycles. The Morgan fingerprint density at radius 3 is 2.78 bits per heavy atom. The zero-order chi connectivity index (χ0) is 18.8. The zero-order valence-electron chi connectivity index (χ0n) is 14.4. The van der Waals surface area contributed by atoms with Crippen molar-refractivity contribution in [1.29, 1.82) is 5.26 Å². The van der Waals surface area contributed by atoms with E-state index >= 15 is 0 Å². The van der Waals surface area contributed by atoms with E-state index < -0.39 is 0 Å². The molecule has 0 saturated heterocycles. The molecule has 0 atom stereocenters. The van der Waals surface area contributed by atoms with Crippen LogP contribution in [0.2, 0.25) is 0 Å². The van der Waals surface area contributed by atoms with E-state index in [-0.39, 0.29) is 11.6 Å². The lowest BCUT2D eigenvalue weighted by Crippen LogP contribution is -2.13. The highest BCUT2D eigenvalue weighted by atomic mass is 16.5. The summed E-state index contributed by atoms with van der Waals surface area (Å²) >= 11 is 0. The van der Waals surface area contributed by atoms with Gasteiger partial charge in [-0.2, -0.15) is 5.26 Å². The normalized spacial score (nSPS) is 10.7. The van der Waals surface area contributed by atoms with Crippen LogP contribution in [0.15, 0.2) is 57.7 Å². The van der Waals surface area contributed by atoms with E-state index in [9.17, 15) is 4.79 Å². The number of benzene rings is 1. The summed E-state index contributed by atoms with van der Waals surface area (Å²) in [5, 5.41) is 16.1. The van der Waals surface area contributed by atoms with E-state index in [1.54, 1.807) is 49.4 Å². The third-order valence-electron chi connectivity index (χ3n) is 4.13. The molecule has 3 heterocycles. The van der Waals surface area contributed by atoms with Crippen molar-refractivity contribution in [3.05, 3.63) is 65.5 Å². The largest absolute Gasteiger partial charge is 0.463 e. The second kappa shape index (κ2) is 6.77. The van der Waals surface area contributed by atoms with Crippen molar-refractivity contribution < 1.29 is 13.7 Å². The Balaban J connectivity index is 1.72. The van der Waals surface area contributed by atoms with Crippen molar-refractivity contribution in [3.63, 3.8) is 0 Å². The van der Waals surface area contributed by atoms with Crippen LogP contribution < -0.4 is 5.32 Å². The minimum Gasteiger partial charge on any atom is -0.463 e. The van der Waals surface area contributed by atoms with E-state index in [1.807, 2.05) is 0 Å². The van der Waals surface area contributed by atoms with Crippen LogP contribution in [0, 0.1) is 18.3 Å². The number of nitrogens with zero attached hydrogens (tertiary/aromatic N) is 3. The number of nitrogens with one attached hydrogen (secondary N) is 1. The van der Waals surface area contributed by atoms with Crippen LogP contribution in [0.3, 0.4) is 0 Å². The molecule has 1 aromatic carbocycles. The third-order valence-corrected chi connectivity index (χ3v) is 4.13. The van der Waals surface area contributed by atoms with Gasteiger partial charge in [0.25, 0.3) is 11.6 Å². The summed E-state index contributed by atoms with van der Waals surface area (Å²) in [5.41, 5.74) is 3.25. The molecule has 4 rings (SSSR count). The number of aryl methyl sites for hydroxylation is 1. The average molecular weight is 358 g/mol. The first-order valence-corrected chi connectivity index (χ1v) is 8.24. The number of hydrogen-bond donors (Lipinski definition) is 1. The number of aromatic nitrogens is 2. The summed E-state index contributed by atoms with van der Waals surface area (Å²) < 4.78 is 10.6. The fraction of sp³-hybridized carbons (Fsp3) is 0.100. The molecule has 0 bridgehead atoms. The molecule has 7 nitrogen and oxygen atoms in total. The van der Waals surface area contributed by atoms with Gasteiger partial charge in [-0.15, -0.1) is 0 Å². The number of anilines is 1. The molecule has 0 spiro atoms. The smallest absolute Gasteiger partial charge is 0.259 e. The number of pyridine rings is 1. The molecule has 4 aromatic rings. The van der Waals surface area contributed by atoms with Gasteiger partial charge in [0.15, 0.2) is 5.76 Å². The van der Waals surface area contributed by atoms with E-state index in [2.05, 4.69) is 21.5 Å². The predicted molar refractivity (Wildman–Crippen MR) is 98.0 cm³/mol. The Bertz CT molecular complexity index is 1150. The number of hydrogen-bond acceptors (Lipinski definition) is 6. The Labute approximate surface area is 154 Å². The first-order valence-electron chi connectivity index (χ1n) is 8.24. The van der Waals surface area contributed by atoms with Gasteiger partial charge in [-0.3, -0.25) is 4.79 Å². The van der Waals surface area contributed by atoms with Gasteiger partial charge in [-0.05, 0) is 42.8 Å². The third kappa shape index (κ3) is 3.16. The highest BCUT2D eigenvalue weighted by Crippen LogP contribution is 2.28. The Morgan fingerprint density at radius 2 is 2.07 bits per heavy atom. The van der Waals surface area contributed by atoms with E-state index in [0.29, 0.717) is 40.2 Å². The minimum absolute atomic E-state index is 0.274. The van der Waals surface area contributed by atoms with Gasteiger partial charge in [-0.1, -0.05) is 17.3 Å². The van der Waals surface area contributed by atoms with Crippen molar-refractivity contribution in [2.24, 2.45) is 0 Å². The van der Waals surface area contributed by atoms with Gasteiger partial charge in [0, 0.05) is 5.69 Å². The van der Waals surface area contributed by atoms with Crippen molar-refractivity contribution in [2.75, 3.05) is 5.32 Å². The maximum atomic E-state index is 12.9. The molecule has 0 radical (unpaired) electrons. The number of nitriles is 1. The number of carbonyl (C=O) groups excluding carboxylic acids is 1. The molecule has 0 unspecified atom stereocenters. The monoisotopic (exact) mass is 358 g/mol. The molecule has 0 aliphatic carbocycles. The van der Waals surface area contributed by atoms with Crippen LogP contribution in [-0.2, 0) is 6.42 Å². The van der Waals surface area contributed by atoms with Gasteiger partial charge in [0.1, 0.15) is 5.69 Å². The first kappa shape index (κ1) is 16.5. The van der Waals surface area contributed by atoms with Crippen LogP contribution in [0.5, 0.6) is 0 Å². The molecule has 132 valence electrons. The second-order valence-corrected chi connectivity index (χ2v) is 5.97. The van der Waals surface area contributed by atoms with Gasteiger partial charge in [0.05, 0.1) is 35.4 Å². The summed E-state index contributed by atoms with van der Waals surface area (Å²) in [6, 6.07) is 14.4. The van der Waals surface area contributed by atoms with E-state index in [0.717, 1.165) is 5.56 Å². The molecule has 0 fully saturated rings. The molecule has 0 aliphatic heterocycles. The molecule has 1 N–H and O–H groups in total. The number of amides is 1. The second-order valence-electron chi connectivity index (χ2n) is 5.97. The summed E-state index contributed by atoms with van der Waals surface area (Å²) in [6.07, 6.45) is 1.86. The molecular weight excluding hydrogens is 344 g/mol. The topological polar surface area (TPSA) is 105 Å². The predicted octanol–water partition coefficient (Wildman–Crippen LogP) is 4.11. The lowest BCUT2D eigenvalue weighted by Gasteiger charge is -2.08. The highest BCUT2D eigenvalue weighted by molar-refractivity contribution is 6.12. The average Bonchev–Trinajstić information content (AvgIpc) is 3.33. The van der Waals surface area contributed by atoms with Gasteiger partial charge in [0.2, 0.25) is 0 Å². The quantitative estimate of drug-likeness (QED) is 0.588. The Hall–Kier alpha value is -3.92. The summed E-state index contributed by atoms with van der Waals surface area (Å²) in [7, 11) is 0. The lowest BCUT2D eigenvalue weighted by atomic mass is 10.1. The zero-order valence-corrected chi connectivity index (χ0v) is 14.4. The summed E-state index contributed by atoms with van der Waals surface area (Å²) in [4.78, 5) is 17.3. The van der Waals surface area contributed by atoms with E-state index in [1.165, 1.54) is 6.26 Å². The maximum Gasteiger partial charge on any atom is 0.259 e. The number of rotatable bonds is 4. The number of carbonyl (C=O) groups is 1. The van der Waals surface area contributed by atoms with Crippen LogP contribution in [0.4, 0.5) is 5.69 Å². The van der Waals surface area contributed by atoms with Crippen molar-refractivity contribution in [2.45, 2.75) is 13.3 Å². The maximum absolute atomic E-state index is 12.9. The lowest BCUT2D eigenvalue weighted by molar-refractivity contribution is 0.102. The number of fused-ring (bicyclic) bond motifs is 1. The van der Waals surface area contributed by atoms with Crippen LogP contribution >= 0.6 is 0 Å². The first-order chi connectivity index (χ1) is 13.2. The molecule has 0 saturated carbocycles. The van der Waals surface area contributed by atoms with Crippen molar-refractivity contribution in [3.8, 4) is 17.5 Å². The van der Waals surface area contributed by atoms with E-state index in [4.69, 9.17) is 14.2 Å². The fourth-order valence-electron chi connectivity index (χ4n) is 2.82. The summed E-state index contributed by atoms with van der Waals surface area (Å²) in [6.45, 7) is 1.76. The summed E-state index contributed by atoms with van der Waals surface area (Å²) in [5.74, 6) is 0.218. The minimum atomic E-state index is -0.311. The molecule has 27 heavy (non-hydrogen) atoms. The molecular formula is C20H14N4O3. The van der Waals surface area contributed by atoms with Crippen LogP contribution in [0.1, 0.15) is 21.6 Å². The van der Waals surface area contributed by atoms with Gasteiger partial charge in [-0.25, -0.2) is 4.98 Å².